The van der Waals surface area contributed by atoms with Crippen LogP contribution in [0.2, 0.25) is 5.02 Å². The second-order valence-corrected chi connectivity index (χ2v) is 10.9. The van der Waals surface area contributed by atoms with Gasteiger partial charge in [-0.15, -0.1) is 0 Å². The number of aromatic amines is 1. The number of anilines is 2. The van der Waals surface area contributed by atoms with Gasteiger partial charge in [-0.05, 0) is 68.1 Å². The summed E-state index contributed by atoms with van der Waals surface area (Å²) in [4.78, 5) is 38.6. The molecule has 1 aliphatic heterocycles. The molecule has 4 N–H and O–H groups in total. The average molecular weight is 607 g/mol. The van der Waals surface area contributed by atoms with Crippen LogP contribution < -0.4 is 11.1 Å². The van der Waals surface area contributed by atoms with Crippen molar-refractivity contribution < 1.29 is 13.9 Å². The van der Waals surface area contributed by atoms with E-state index in [-0.39, 0.29) is 23.4 Å². The Morgan fingerprint density at radius 1 is 1.05 bits per heavy atom. The van der Waals surface area contributed by atoms with Crippen molar-refractivity contribution in [3.63, 3.8) is 0 Å². The van der Waals surface area contributed by atoms with Crippen LogP contribution in [0.4, 0.5) is 11.5 Å². The second kappa shape index (κ2) is 11.5. The van der Waals surface area contributed by atoms with Crippen LogP contribution in [0.5, 0.6) is 0 Å². The highest BCUT2D eigenvalue weighted by Gasteiger charge is 2.24. The highest BCUT2D eigenvalue weighted by molar-refractivity contribution is 6.30. The Morgan fingerprint density at radius 2 is 1.95 bits per heavy atom. The first kappa shape index (κ1) is 27.7. The Kier molecular flexibility index (Phi) is 7.24. The highest BCUT2D eigenvalue weighted by atomic mass is 35.5. The molecule has 0 bridgehead atoms. The third-order valence-electron chi connectivity index (χ3n) is 7.52. The second-order valence-electron chi connectivity index (χ2n) is 10.5. The maximum absolute atomic E-state index is 12.3. The predicted octanol–water partition coefficient (Wildman–Crippen LogP) is 6.78. The summed E-state index contributed by atoms with van der Waals surface area (Å²) in [6.07, 6.45) is 6.09. The third kappa shape index (κ3) is 5.27. The molecular formula is C32H27ClN8O3. The Hall–Kier alpha value is -5.13. The number of nitrogens with one attached hydrogen (secondary N) is 2. The number of pyridine rings is 1. The Morgan fingerprint density at radius 3 is 2.77 bits per heavy atom. The fourth-order valence-corrected chi connectivity index (χ4v) is 5.47. The van der Waals surface area contributed by atoms with Crippen molar-refractivity contribution in [2.24, 2.45) is 5.73 Å². The fraction of sp³-hybridized carbons (Fsp3) is 0.188. The van der Waals surface area contributed by atoms with E-state index < -0.39 is 5.91 Å². The number of ether oxygens (including phenoxy) is 1. The number of amides is 1. The molecule has 12 heteroatoms. The first-order valence-electron chi connectivity index (χ1n) is 14.2. The lowest BCUT2D eigenvalue weighted by Gasteiger charge is -2.22. The molecular weight excluding hydrogens is 580 g/mol. The van der Waals surface area contributed by atoms with Crippen LogP contribution in [0.25, 0.3) is 45.2 Å². The van der Waals surface area contributed by atoms with Crippen molar-refractivity contribution in [1.29, 1.82) is 0 Å². The van der Waals surface area contributed by atoms with Gasteiger partial charge in [0.2, 0.25) is 5.89 Å². The molecule has 2 aromatic carbocycles. The van der Waals surface area contributed by atoms with Gasteiger partial charge in [0.05, 0.1) is 6.33 Å². The number of halogens is 1. The number of imidazole rings is 1. The summed E-state index contributed by atoms with van der Waals surface area (Å²) < 4.78 is 12.1. The van der Waals surface area contributed by atoms with Crippen LogP contribution in [0, 0.1) is 6.92 Å². The van der Waals surface area contributed by atoms with E-state index >= 15 is 0 Å². The molecule has 0 aliphatic carbocycles. The van der Waals surface area contributed by atoms with Crippen molar-refractivity contribution in [3.05, 3.63) is 89.2 Å². The topological polar surface area (TPSA) is 158 Å². The minimum absolute atomic E-state index is 0.0226. The Bertz CT molecular complexity index is 2010. The molecule has 1 unspecified atom stereocenters. The molecule has 1 fully saturated rings. The molecule has 1 atom stereocenters. The monoisotopic (exact) mass is 606 g/mol. The van der Waals surface area contributed by atoms with Crippen LogP contribution in [-0.4, -0.2) is 42.4 Å². The van der Waals surface area contributed by atoms with E-state index in [2.05, 4.69) is 30.2 Å². The molecule has 7 rings (SSSR count). The van der Waals surface area contributed by atoms with E-state index in [1.54, 1.807) is 36.8 Å². The van der Waals surface area contributed by atoms with Gasteiger partial charge in [0.15, 0.2) is 22.9 Å². The smallest absolute Gasteiger partial charge is 0.271 e. The average Bonchev–Trinajstić information content (AvgIpc) is 3.71. The highest BCUT2D eigenvalue weighted by Crippen LogP contribution is 2.36. The van der Waals surface area contributed by atoms with Crippen LogP contribution in [0.3, 0.4) is 0 Å². The van der Waals surface area contributed by atoms with Gasteiger partial charge in [0.25, 0.3) is 5.91 Å². The molecule has 220 valence electrons. The molecule has 1 saturated heterocycles. The Balaban J connectivity index is 1.27. The number of aromatic nitrogens is 6. The summed E-state index contributed by atoms with van der Waals surface area (Å²) in [7, 11) is 0. The number of H-pyrrole nitrogens is 1. The van der Waals surface area contributed by atoms with Crippen LogP contribution in [0.1, 0.15) is 47.2 Å². The first-order chi connectivity index (χ1) is 21.4. The number of aryl methyl sites for hydroxylation is 1. The summed E-state index contributed by atoms with van der Waals surface area (Å²) >= 11 is 6.18. The summed E-state index contributed by atoms with van der Waals surface area (Å²) in [6.45, 7) is 2.66. The number of primary amides is 1. The zero-order valence-corrected chi connectivity index (χ0v) is 24.4. The molecule has 5 heterocycles. The number of carbonyl (C=O) groups excluding carboxylic acids is 1. The fourth-order valence-electron chi connectivity index (χ4n) is 5.28. The zero-order chi connectivity index (χ0) is 30.2. The largest absolute Gasteiger partial charge is 0.435 e. The minimum atomic E-state index is -0.702. The number of benzene rings is 2. The molecule has 1 amide bonds. The lowest BCUT2D eigenvalue weighted by atomic mass is 10.1. The maximum atomic E-state index is 12.3. The minimum Gasteiger partial charge on any atom is -0.435 e. The number of nitrogens with zero attached hydrogens (tertiary/aromatic N) is 5. The van der Waals surface area contributed by atoms with Gasteiger partial charge in [-0.2, -0.15) is 0 Å². The normalized spacial score (nSPS) is 15.0. The van der Waals surface area contributed by atoms with Gasteiger partial charge >= 0.3 is 0 Å². The number of oxazole rings is 1. The van der Waals surface area contributed by atoms with Crippen molar-refractivity contribution >= 4 is 40.2 Å². The molecule has 4 aromatic heterocycles. The zero-order valence-electron chi connectivity index (χ0n) is 23.7. The standard InChI is InChI=1S/C32H27ClN8O3/c1-17-10-11-19(32-40-26(28(34)42)27(44-32)18-6-4-7-20(33)14-18)15-22(17)38-29-21(8-5-12-35-29)24-25-31(37-16-36-25)41-30(39-24)23-9-2-3-13-43-23/h4-8,10-12,14-16,23H,2-3,9,13H2,1H3,(H2,34,42)(H,35,38)(H,36,37,39,41). The van der Waals surface area contributed by atoms with E-state index in [9.17, 15) is 4.79 Å². The molecule has 0 radical (unpaired) electrons. The van der Waals surface area contributed by atoms with Gasteiger partial charge in [-0.1, -0.05) is 29.8 Å². The number of nitrogens with two attached hydrogens (primary N) is 1. The van der Waals surface area contributed by atoms with E-state index in [0.717, 1.165) is 36.1 Å². The van der Waals surface area contributed by atoms with Crippen molar-refractivity contribution in [2.75, 3.05) is 11.9 Å². The van der Waals surface area contributed by atoms with Crippen LogP contribution >= 0.6 is 11.6 Å². The van der Waals surface area contributed by atoms with Gasteiger partial charge in [0, 0.05) is 40.2 Å². The summed E-state index contributed by atoms with van der Waals surface area (Å²) in [6, 6.07) is 16.5. The number of carbonyl (C=O) groups is 1. The molecule has 1 aliphatic rings. The predicted molar refractivity (Wildman–Crippen MR) is 166 cm³/mol. The third-order valence-corrected chi connectivity index (χ3v) is 7.75. The summed E-state index contributed by atoms with van der Waals surface area (Å²) in [5, 5.41) is 3.97. The van der Waals surface area contributed by atoms with Crippen molar-refractivity contribution in [3.8, 4) is 34.0 Å². The molecule has 6 aromatic rings. The molecule has 11 nitrogen and oxygen atoms in total. The molecule has 0 saturated carbocycles. The van der Waals surface area contributed by atoms with Crippen LogP contribution in [0.15, 0.2) is 71.5 Å². The van der Waals surface area contributed by atoms with E-state index in [1.165, 1.54) is 0 Å². The van der Waals surface area contributed by atoms with Crippen molar-refractivity contribution in [1.82, 2.24) is 29.9 Å². The molecule has 0 spiro atoms. The van der Waals surface area contributed by atoms with Crippen molar-refractivity contribution in [2.45, 2.75) is 32.3 Å². The number of hydrogen-bond acceptors (Lipinski definition) is 9. The number of hydrogen-bond donors (Lipinski definition) is 3. The van der Waals surface area contributed by atoms with Gasteiger partial charge in [-0.25, -0.2) is 24.9 Å². The number of rotatable bonds is 7. The van der Waals surface area contributed by atoms with Gasteiger partial charge in [0.1, 0.15) is 23.1 Å². The lowest BCUT2D eigenvalue weighted by molar-refractivity contribution is 0.00970. The Labute approximate surface area is 256 Å². The van der Waals surface area contributed by atoms with E-state index in [1.807, 2.05) is 37.3 Å². The van der Waals surface area contributed by atoms with Crippen LogP contribution in [-0.2, 0) is 4.74 Å². The SMILES string of the molecule is Cc1ccc(-c2nc(C(N)=O)c(-c3cccc(Cl)c3)o2)cc1Nc1ncccc1-c1nc(C2CCCCO2)nc2nc[nH]c12. The van der Waals surface area contributed by atoms with Gasteiger partial charge < -0.3 is 25.2 Å². The first-order valence-corrected chi connectivity index (χ1v) is 14.5. The van der Waals surface area contributed by atoms with Gasteiger partial charge in [-0.3, -0.25) is 4.79 Å². The lowest BCUT2D eigenvalue weighted by Crippen LogP contribution is -2.15. The van der Waals surface area contributed by atoms with E-state index in [4.69, 9.17) is 31.5 Å². The number of fused-ring (bicyclic) bond motifs is 1. The maximum Gasteiger partial charge on any atom is 0.271 e. The van der Waals surface area contributed by atoms with E-state index in [0.29, 0.717) is 51.3 Å². The quantitative estimate of drug-likeness (QED) is 0.178. The molecule has 44 heavy (non-hydrogen) atoms. The summed E-state index contributed by atoms with van der Waals surface area (Å²) in [5.74, 6) is 0.985. The summed E-state index contributed by atoms with van der Waals surface area (Å²) in [5.41, 5.74) is 11.3.